The Morgan fingerprint density at radius 3 is 2.58 bits per heavy atom. The van der Waals surface area contributed by atoms with E-state index in [-0.39, 0.29) is 29.0 Å². The summed E-state index contributed by atoms with van der Waals surface area (Å²) in [5.74, 6) is -0.160. The van der Waals surface area contributed by atoms with Gasteiger partial charge >= 0.3 is 6.03 Å². The number of aromatic nitrogens is 2. The molecular weight excluding hydrogens is 545 g/mol. The third-order valence-corrected chi connectivity index (χ3v) is 10.8. The van der Waals surface area contributed by atoms with Gasteiger partial charge in [0, 0.05) is 45.3 Å². The number of ether oxygens (including phenoxy) is 1. The van der Waals surface area contributed by atoms with Crippen LogP contribution in [0.4, 0.5) is 9.18 Å². The second-order valence-corrected chi connectivity index (χ2v) is 13.1. The summed E-state index contributed by atoms with van der Waals surface area (Å²) in [6.45, 7) is 6.20. The third kappa shape index (κ3) is 5.57. The first-order chi connectivity index (χ1) is 21.0. The van der Waals surface area contributed by atoms with Crippen LogP contribution in [0.1, 0.15) is 56.6 Å². The summed E-state index contributed by atoms with van der Waals surface area (Å²) in [5.41, 5.74) is 1.52. The Kier molecular flexibility index (Phi) is 7.95. The van der Waals surface area contributed by atoms with Crippen LogP contribution in [-0.2, 0) is 11.3 Å². The molecule has 0 bridgehead atoms. The topological polar surface area (TPSA) is 70.9 Å². The number of likely N-dealkylation sites (tertiary alicyclic amines) is 2. The number of nitrogens with zero attached hydrogens (tertiary/aromatic N) is 5. The summed E-state index contributed by atoms with van der Waals surface area (Å²) in [6.07, 6.45) is 8.80. The summed E-state index contributed by atoms with van der Waals surface area (Å²) >= 11 is 0. The van der Waals surface area contributed by atoms with Gasteiger partial charge in [0.1, 0.15) is 5.82 Å². The van der Waals surface area contributed by atoms with Gasteiger partial charge in [0.2, 0.25) is 0 Å². The maximum absolute atomic E-state index is 14.4. The smallest absolute Gasteiger partial charge is 0.320 e. The molecule has 3 saturated heterocycles. The van der Waals surface area contributed by atoms with Crippen LogP contribution in [0.2, 0.25) is 0 Å². The van der Waals surface area contributed by atoms with Gasteiger partial charge in [-0.3, -0.25) is 14.3 Å². The van der Waals surface area contributed by atoms with Crippen LogP contribution in [0.15, 0.2) is 59.7 Å². The molecule has 4 heterocycles. The normalized spacial score (nSPS) is 26.3. The Morgan fingerprint density at radius 2 is 1.79 bits per heavy atom. The molecule has 1 aliphatic carbocycles. The van der Waals surface area contributed by atoms with Crippen LogP contribution in [-0.4, -0.2) is 82.3 Å². The highest BCUT2D eigenvalue weighted by Crippen LogP contribution is 2.49. The fourth-order valence-electron chi connectivity index (χ4n) is 8.42. The molecular formula is C34H42FN5O3. The monoisotopic (exact) mass is 587 g/mol. The quantitative estimate of drug-likeness (QED) is 0.426. The van der Waals surface area contributed by atoms with Crippen molar-refractivity contribution in [3.63, 3.8) is 0 Å². The van der Waals surface area contributed by atoms with Crippen LogP contribution in [0.25, 0.3) is 10.9 Å². The molecule has 228 valence electrons. The zero-order valence-electron chi connectivity index (χ0n) is 24.9. The molecule has 1 saturated carbocycles. The molecule has 0 N–H and O–H groups in total. The van der Waals surface area contributed by atoms with Gasteiger partial charge in [-0.2, -0.15) is 0 Å². The minimum absolute atomic E-state index is 0.0153. The van der Waals surface area contributed by atoms with E-state index in [0.717, 1.165) is 84.3 Å². The molecule has 1 aromatic heterocycles. The lowest BCUT2D eigenvalue weighted by Gasteiger charge is -2.50. The van der Waals surface area contributed by atoms with Crippen molar-refractivity contribution in [1.29, 1.82) is 0 Å². The van der Waals surface area contributed by atoms with Gasteiger partial charge in [0.25, 0.3) is 5.56 Å². The lowest BCUT2D eigenvalue weighted by molar-refractivity contribution is -0.0128. The summed E-state index contributed by atoms with van der Waals surface area (Å²) in [5, 5.41) is 0.322. The van der Waals surface area contributed by atoms with Crippen molar-refractivity contribution >= 4 is 16.9 Å². The molecule has 43 heavy (non-hydrogen) atoms. The average Bonchev–Trinajstić information content (AvgIpc) is 3.52. The third-order valence-electron chi connectivity index (χ3n) is 10.8. The van der Waals surface area contributed by atoms with Gasteiger partial charge < -0.3 is 14.5 Å². The molecule has 3 aromatic rings. The predicted molar refractivity (Wildman–Crippen MR) is 163 cm³/mol. The van der Waals surface area contributed by atoms with Crippen LogP contribution < -0.4 is 5.56 Å². The number of hydrogen-bond acceptors (Lipinski definition) is 5. The lowest BCUT2D eigenvalue weighted by Crippen LogP contribution is -2.57. The Balaban J connectivity index is 1.11. The SMILES string of the molecule is O=C(N1CC[C@@H](Cn2cnc3ccc(F)cc3c2=O)C2(CCCC2)C1)N1CC[C@@H](N2CCOCC2)C[C@H]1c1ccccc1. The fraction of sp³-hybridized carbons (Fsp3) is 0.559. The number of carbonyl (C=O) groups is 1. The van der Waals surface area contributed by atoms with E-state index < -0.39 is 5.82 Å². The van der Waals surface area contributed by atoms with Crippen molar-refractivity contribution in [3.05, 3.63) is 76.6 Å². The first-order valence-electron chi connectivity index (χ1n) is 16.1. The van der Waals surface area contributed by atoms with Gasteiger partial charge in [0.05, 0.1) is 36.5 Å². The van der Waals surface area contributed by atoms with E-state index in [1.807, 2.05) is 6.07 Å². The number of carbonyl (C=O) groups excluding carboxylic acids is 1. The van der Waals surface area contributed by atoms with Crippen molar-refractivity contribution in [2.45, 2.75) is 63.6 Å². The molecule has 4 fully saturated rings. The number of amides is 2. The summed E-state index contributed by atoms with van der Waals surface area (Å²) in [6, 6.07) is 15.4. The van der Waals surface area contributed by atoms with Gasteiger partial charge in [-0.1, -0.05) is 43.2 Å². The molecule has 2 amide bonds. The molecule has 4 aliphatic rings. The van der Waals surface area contributed by atoms with E-state index in [1.165, 1.54) is 17.7 Å². The molecule has 7 rings (SSSR count). The van der Waals surface area contributed by atoms with Crippen LogP contribution in [0.5, 0.6) is 0 Å². The Hall–Kier alpha value is -3.30. The van der Waals surface area contributed by atoms with Gasteiger partial charge in [-0.05, 0) is 67.2 Å². The van der Waals surface area contributed by atoms with Crippen LogP contribution in [0.3, 0.4) is 0 Å². The number of rotatable bonds is 4. The Labute approximate surface area is 252 Å². The highest BCUT2D eigenvalue weighted by Gasteiger charge is 2.48. The largest absolute Gasteiger partial charge is 0.379 e. The molecule has 8 nitrogen and oxygen atoms in total. The first kappa shape index (κ1) is 28.5. The maximum atomic E-state index is 14.4. The minimum Gasteiger partial charge on any atom is -0.379 e. The predicted octanol–water partition coefficient (Wildman–Crippen LogP) is 5.08. The number of morpholine rings is 1. The van der Waals surface area contributed by atoms with E-state index in [9.17, 15) is 14.0 Å². The molecule has 0 radical (unpaired) electrons. The van der Waals surface area contributed by atoms with Gasteiger partial charge in [-0.25, -0.2) is 14.2 Å². The Morgan fingerprint density at radius 1 is 1.00 bits per heavy atom. The molecule has 2 aromatic carbocycles. The summed E-state index contributed by atoms with van der Waals surface area (Å²) in [7, 11) is 0. The highest BCUT2D eigenvalue weighted by molar-refractivity contribution is 5.77. The van der Waals surface area contributed by atoms with Crippen molar-refractivity contribution < 1.29 is 13.9 Å². The van der Waals surface area contributed by atoms with Crippen molar-refractivity contribution in [1.82, 2.24) is 24.3 Å². The maximum Gasteiger partial charge on any atom is 0.320 e. The average molecular weight is 588 g/mol. The summed E-state index contributed by atoms with van der Waals surface area (Å²) in [4.78, 5) is 39.0. The van der Waals surface area contributed by atoms with Crippen LogP contribution in [0, 0.1) is 17.2 Å². The number of urea groups is 1. The zero-order chi connectivity index (χ0) is 29.4. The van der Waals surface area contributed by atoms with Gasteiger partial charge in [0.15, 0.2) is 0 Å². The van der Waals surface area contributed by atoms with E-state index in [0.29, 0.717) is 30.0 Å². The number of halogens is 1. The highest BCUT2D eigenvalue weighted by atomic mass is 19.1. The van der Waals surface area contributed by atoms with E-state index in [4.69, 9.17) is 4.74 Å². The number of piperidine rings is 2. The van der Waals surface area contributed by atoms with E-state index >= 15 is 0 Å². The number of fused-ring (bicyclic) bond motifs is 1. The van der Waals surface area contributed by atoms with Gasteiger partial charge in [-0.15, -0.1) is 0 Å². The van der Waals surface area contributed by atoms with Crippen molar-refractivity contribution in [3.8, 4) is 0 Å². The minimum atomic E-state index is -0.425. The van der Waals surface area contributed by atoms with Crippen LogP contribution >= 0.6 is 0 Å². The standard InChI is InChI=1S/C34H42FN5O3/c35-27-8-9-30-29(20-27)32(41)39(24-36-30)22-26-10-14-38(23-34(26)12-4-5-13-34)33(42)40-15-11-28(37-16-18-43-19-17-37)21-31(40)25-6-2-1-3-7-25/h1-3,6-9,20,24,26,28,31H,4-5,10-19,21-23H2/t26-,28+,31-/m0/s1. The number of benzene rings is 2. The molecule has 0 unspecified atom stereocenters. The fourth-order valence-corrected chi connectivity index (χ4v) is 8.42. The number of hydrogen-bond donors (Lipinski definition) is 0. The van der Waals surface area contributed by atoms with Crippen molar-refractivity contribution in [2.24, 2.45) is 11.3 Å². The molecule has 3 aliphatic heterocycles. The zero-order valence-corrected chi connectivity index (χ0v) is 24.9. The molecule has 1 spiro atoms. The summed E-state index contributed by atoms with van der Waals surface area (Å²) < 4.78 is 21.2. The van der Waals surface area contributed by atoms with Crippen molar-refractivity contribution in [2.75, 3.05) is 45.9 Å². The second-order valence-electron chi connectivity index (χ2n) is 13.1. The Bertz CT molecular complexity index is 1500. The first-order valence-corrected chi connectivity index (χ1v) is 16.1. The molecule has 3 atom stereocenters. The van der Waals surface area contributed by atoms with E-state index in [2.05, 4.69) is 43.9 Å². The second kappa shape index (κ2) is 12.0. The lowest BCUT2D eigenvalue weighted by atomic mass is 9.69. The molecule has 9 heteroatoms. The van der Waals surface area contributed by atoms with E-state index in [1.54, 1.807) is 17.0 Å².